The molecule has 0 radical (unpaired) electrons. The monoisotopic (exact) mass is 395 g/mol. The predicted octanol–water partition coefficient (Wildman–Crippen LogP) is 5.25. The van der Waals surface area contributed by atoms with Crippen LogP contribution in [0.4, 0.5) is 17.2 Å². The first-order valence-corrected chi connectivity index (χ1v) is 8.82. The number of nitrogens with one attached hydrogen (secondary N) is 1. The Bertz CT molecular complexity index is 868. The maximum Gasteiger partial charge on any atom is 0.255 e. The van der Waals surface area contributed by atoms with E-state index in [2.05, 4.69) is 38.1 Å². The van der Waals surface area contributed by atoms with Gasteiger partial charge in [0.05, 0.1) is 0 Å². The minimum atomic E-state index is -0.161. The number of rotatable bonds is 5. The van der Waals surface area contributed by atoms with Crippen LogP contribution in [0, 0.1) is 0 Å². The first-order valence-electron chi connectivity index (χ1n) is 8.03. The van der Waals surface area contributed by atoms with Crippen molar-refractivity contribution < 1.29 is 4.79 Å². The molecule has 5 heteroatoms. The molecule has 2 aromatic carbocycles. The van der Waals surface area contributed by atoms with Crippen LogP contribution in [-0.2, 0) is 0 Å². The molecule has 0 aliphatic heterocycles. The number of aromatic nitrogens is 1. The maximum absolute atomic E-state index is 12.6. The van der Waals surface area contributed by atoms with Crippen LogP contribution in [0.15, 0.2) is 77.4 Å². The van der Waals surface area contributed by atoms with Crippen molar-refractivity contribution >= 4 is 39.0 Å². The lowest BCUT2D eigenvalue weighted by molar-refractivity contribution is 0.102. The van der Waals surface area contributed by atoms with E-state index in [0.717, 1.165) is 28.2 Å². The summed E-state index contributed by atoms with van der Waals surface area (Å²) in [7, 11) is 0. The number of hydrogen-bond donors (Lipinski definition) is 1. The van der Waals surface area contributed by atoms with Gasteiger partial charge in [0.1, 0.15) is 5.82 Å². The van der Waals surface area contributed by atoms with E-state index in [-0.39, 0.29) is 5.91 Å². The summed E-state index contributed by atoms with van der Waals surface area (Å²) in [6.07, 6.45) is 1.66. The highest BCUT2D eigenvalue weighted by Crippen LogP contribution is 2.24. The molecule has 25 heavy (non-hydrogen) atoms. The summed E-state index contributed by atoms with van der Waals surface area (Å²) in [6.45, 7) is 2.82. The third-order valence-corrected chi connectivity index (χ3v) is 4.24. The van der Waals surface area contributed by atoms with Gasteiger partial charge in [-0.25, -0.2) is 4.98 Å². The standard InChI is InChI=1S/C20H18BrN3O/c1-2-24(18-9-4-3-5-10-18)19-13-15(11-12-22-19)20(25)23-17-8-6-7-16(21)14-17/h3-14H,2H2,1H3,(H,23,25). The number of halogens is 1. The highest BCUT2D eigenvalue weighted by Gasteiger charge is 2.12. The Hall–Kier alpha value is -2.66. The quantitative estimate of drug-likeness (QED) is 0.640. The van der Waals surface area contributed by atoms with Gasteiger partial charge in [0.2, 0.25) is 0 Å². The first-order chi connectivity index (χ1) is 12.2. The molecule has 0 unspecified atom stereocenters. The van der Waals surface area contributed by atoms with Crippen molar-refractivity contribution in [1.82, 2.24) is 4.98 Å². The lowest BCUT2D eigenvalue weighted by atomic mass is 10.2. The number of pyridine rings is 1. The van der Waals surface area contributed by atoms with Crippen LogP contribution in [0.5, 0.6) is 0 Å². The van der Waals surface area contributed by atoms with Gasteiger partial charge in [0.15, 0.2) is 0 Å². The number of amides is 1. The zero-order valence-corrected chi connectivity index (χ0v) is 15.4. The lowest BCUT2D eigenvalue weighted by Crippen LogP contribution is -2.19. The minimum Gasteiger partial charge on any atom is -0.327 e. The molecule has 1 N–H and O–H groups in total. The topological polar surface area (TPSA) is 45.2 Å². The molecular formula is C20H18BrN3O. The molecule has 0 spiro atoms. The fourth-order valence-corrected chi connectivity index (χ4v) is 2.96. The first kappa shape index (κ1) is 17.2. The number of carbonyl (C=O) groups is 1. The smallest absolute Gasteiger partial charge is 0.255 e. The summed E-state index contributed by atoms with van der Waals surface area (Å²) in [6, 6.07) is 21.1. The Kier molecular flexibility index (Phi) is 5.46. The van der Waals surface area contributed by atoms with Crippen molar-refractivity contribution in [2.75, 3.05) is 16.8 Å². The van der Waals surface area contributed by atoms with Crippen LogP contribution < -0.4 is 10.2 Å². The minimum absolute atomic E-state index is 0.161. The van der Waals surface area contributed by atoms with Crippen LogP contribution in [0.25, 0.3) is 0 Å². The van der Waals surface area contributed by atoms with Crippen molar-refractivity contribution in [3.05, 3.63) is 83.0 Å². The van der Waals surface area contributed by atoms with Gasteiger partial charge in [-0.05, 0) is 49.4 Å². The second kappa shape index (κ2) is 7.94. The number of anilines is 3. The lowest BCUT2D eigenvalue weighted by Gasteiger charge is -2.22. The molecule has 126 valence electrons. The number of nitrogens with zero attached hydrogens (tertiary/aromatic N) is 2. The van der Waals surface area contributed by atoms with E-state index in [9.17, 15) is 4.79 Å². The van der Waals surface area contributed by atoms with Gasteiger partial charge in [-0.1, -0.05) is 40.2 Å². The molecule has 0 atom stereocenters. The fourth-order valence-electron chi connectivity index (χ4n) is 2.56. The van der Waals surface area contributed by atoms with E-state index in [1.54, 1.807) is 12.3 Å². The summed E-state index contributed by atoms with van der Waals surface area (Å²) >= 11 is 3.41. The molecule has 0 aliphatic carbocycles. The van der Waals surface area contributed by atoms with Gasteiger partial charge >= 0.3 is 0 Å². The van der Waals surface area contributed by atoms with Gasteiger partial charge < -0.3 is 10.2 Å². The molecule has 0 aliphatic rings. The van der Waals surface area contributed by atoms with Crippen molar-refractivity contribution in [3.8, 4) is 0 Å². The van der Waals surface area contributed by atoms with Gasteiger partial charge in [-0.3, -0.25) is 4.79 Å². The van der Waals surface area contributed by atoms with Gasteiger partial charge in [0.25, 0.3) is 5.91 Å². The summed E-state index contributed by atoms with van der Waals surface area (Å²) in [5.74, 6) is 0.585. The second-order valence-electron chi connectivity index (χ2n) is 5.45. The normalized spacial score (nSPS) is 10.3. The molecule has 0 bridgehead atoms. The summed E-state index contributed by atoms with van der Waals surface area (Å²) < 4.78 is 0.918. The molecular weight excluding hydrogens is 378 g/mol. The number of para-hydroxylation sites is 1. The van der Waals surface area contributed by atoms with E-state index < -0.39 is 0 Å². The van der Waals surface area contributed by atoms with E-state index in [1.807, 2.05) is 60.7 Å². The van der Waals surface area contributed by atoms with Crippen molar-refractivity contribution in [1.29, 1.82) is 0 Å². The van der Waals surface area contributed by atoms with Crippen molar-refractivity contribution in [2.45, 2.75) is 6.92 Å². The molecule has 0 saturated heterocycles. The Morgan fingerprint density at radius 3 is 2.60 bits per heavy atom. The predicted molar refractivity (Wildman–Crippen MR) is 105 cm³/mol. The number of carbonyl (C=O) groups excluding carboxylic acids is 1. The molecule has 3 rings (SSSR count). The second-order valence-corrected chi connectivity index (χ2v) is 6.36. The van der Waals surface area contributed by atoms with Crippen LogP contribution >= 0.6 is 15.9 Å². The SMILES string of the molecule is CCN(c1ccccc1)c1cc(C(=O)Nc2cccc(Br)c2)ccn1. The molecule has 3 aromatic rings. The average molecular weight is 396 g/mol. The van der Waals surface area contributed by atoms with Gasteiger partial charge in [0, 0.05) is 34.2 Å². The summed E-state index contributed by atoms with van der Waals surface area (Å²) in [5, 5.41) is 2.91. The number of benzene rings is 2. The molecule has 1 amide bonds. The zero-order valence-electron chi connectivity index (χ0n) is 13.8. The molecule has 4 nitrogen and oxygen atoms in total. The van der Waals surface area contributed by atoms with Crippen LogP contribution in [0.1, 0.15) is 17.3 Å². The van der Waals surface area contributed by atoms with Gasteiger partial charge in [-0.2, -0.15) is 0 Å². The molecule has 1 heterocycles. The molecule has 0 saturated carbocycles. The molecule has 1 aromatic heterocycles. The van der Waals surface area contributed by atoms with E-state index in [4.69, 9.17) is 0 Å². The van der Waals surface area contributed by atoms with Crippen molar-refractivity contribution in [2.24, 2.45) is 0 Å². The maximum atomic E-state index is 12.6. The Labute approximate surface area is 155 Å². The summed E-state index contributed by atoms with van der Waals surface area (Å²) in [5.41, 5.74) is 2.36. The third kappa shape index (κ3) is 4.25. The Balaban J connectivity index is 1.84. The van der Waals surface area contributed by atoms with E-state index >= 15 is 0 Å². The Morgan fingerprint density at radius 2 is 1.88 bits per heavy atom. The van der Waals surface area contributed by atoms with Crippen LogP contribution in [0.2, 0.25) is 0 Å². The highest BCUT2D eigenvalue weighted by atomic mass is 79.9. The zero-order chi connectivity index (χ0) is 17.6. The van der Waals surface area contributed by atoms with Gasteiger partial charge in [-0.15, -0.1) is 0 Å². The molecule has 0 fully saturated rings. The number of hydrogen-bond acceptors (Lipinski definition) is 3. The summed E-state index contributed by atoms with van der Waals surface area (Å²) in [4.78, 5) is 19.0. The van der Waals surface area contributed by atoms with E-state index in [1.165, 1.54) is 0 Å². The van der Waals surface area contributed by atoms with Crippen LogP contribution in [-0.4, -0.2) is 17.4 Å². The van der Waals surface area contributed by atoms with Crippen LogP contribution in [0.3, 0.4) is 0 Å². The van der Waals surface area contributed by atoms with E-state index in [0.29, 0.717) is 5.56 Å². The van der Waals surface area contributed by atoms with Crippen molar-refractivity contribution in [3.63, 3.8) is 0 Å². The largest absolute Gasteiger partial charge is 0.327 e. The third-order valence-electron chi connectivity index (χ3n) is 3.75. The Morgan fingerprint density at radius 1 is 1.08 bits per heavy atom. The fraction of sp³-hybridized carbons (Fsp3) is 0.100. The highest BCUT2D eigenvalue weighted by molar-refractivity contribution is 9.10. The average Bonchev–Trinajstić information content (AvgIpc) is 2.63.